The minimum atomic E-state index is -0.825. The Morgan fingerprint density at radius 3 is 2.47 bits per heavy atom. The van der Waals surface area contributed by atoms with Crippen LogP contribution in [0.4, 0.5) is 0 Å². The first-order valence-corrected chi connectivity index (χ1v) is 5.30. The van der Waals surface area contributed by atoms with Crippen molar-refractivity contribution in [3.8, 4) is 11.5 Å². The predicted molar refractivity (Wildman–Crippen MR) is 59.2 cm³/mol. The molecule has 78 valence electrons. The topological polar surface area (TPSA) is 38.9 Å². The van der Waals surface area contributed by atoms with Crippen LogP contribution in [0.3, 0.4) is 0 Å². The molecule has 0 N–H and O–H groups in total. The van der Waals surface area contributed by atoms with Crippen molar-refractivity contribution in [3.63, 3.8) is 0 Å². The van der Waals surface area contributed by atoms with Crippen LogP contribution in [0.15, 0.2) is 28.7 Å². The SMILES string of the molecule is Clc1ccccc1-c1nnc(C(Cl)Cl)o1. The van der Waals surface area contributed by atoms with E-state index in [2.05, 4.69) is 10.2 Å². The smallest absolute Gasteiger partial charge is 0.249 e. The molecule has 3 nitrogen and oxygen atoms in total. The van der Waals surface area contributed by atoms with Crippen LogP contribution in [0.2, 0.25) is 5.02 Å². The number of hydrogen-bond donors (Lipinski definition) is 0. The summed E-state index contributed by atoms with van der Waals surface area (Å²) in [7, 11) is 0. The molecule has 0 spiro atoms. The van der Waals surface area contributed by atoms with E-state index in [0.717, 1.165) is 0 Å². The molecular formula is C9H5Cl3N2O. The van der Waals surface area contributed by atoms with Gasteiger partial charge >= 0.3 is 0 Å². The Bertz CT molecular complexity index is 470. The van der Waals surface area contributed by atoms with Gasteiger partial charge in [0.05, 0.1) is 10.6 Å². The molecule has 0 aliphatic heterocycles. The number of halogens is 3. The maximum atomic E-state index is 5.95. The number of nitrogens with zero attached hydrogens (tertiary/aromatic N) is 2. The molecular weight excluding hydrogens is 258 g/mol. The van der Waals surface area contributed by atoms with E-state index in [-0.39, 0.29) is 5.89 Å². The van der Waals surface area contributed by atoms with Crippen LogP contribution >= 0.6 is 34.8 Å². The van der Waals surface area contributed by atoms with Crippen molar-refractivity contribution in [2.45, 2.75) is 4.84 Å². The maximum Gasteiger partial charge on any atom is 0.249 e. The van der Waals surface area contributed by atoms with Crippen molar-refractivity contribution < 1.29 is 4.42 Å². The standard InChI is InChI=1S/C9H5Cl3N2O/c10-6-4-2-1-3-5(6)8-13-14-9(15-8)7(11)12/h1-4,7H. The van der Waals surface area contributed by atoms with Gasteiger partial charge in [-0.2, -0.15) is 0 Å². The normalized spacial score (nSPS) is 10.9. The molecule has 0 bridgehead atoms. The van der Waals surface area contributed by atoms with E-state index in [0.29, 0.717) is 16.5 Å². The zero-order valence-corrected chi connectivity index (χ0v) is 9.59. The Morgan fingerprint density at radius 1 is 1.13 bits per heavy atom. The van der Waals surface area contributed by atoms with Gasteiger partial charge < -0.3 is 4.42 Å². The number of rotatable bonds is 2. The van der Waals surface area contributed by atoms with Crippen LogP contribution in [0.25, 0.3) is 11.5 Å². The highest BCUT2D eigenvalue weighted by Crippen LogP contribution is 2.30. The Kier molecular flexibility index (Phi) is 3.14. The second kappa shape index (κ2) is 4.39. The van der Waals surface area contributed by atoms with Crippen LogP contribution in [-0.2, 0) is 0 Å². The molecule has 0 amide bonds. The zero-order valence-electron chi connectivity index (χ0n) is 7.32. The second-order valence-electron chi connectivity index (χ2n) is 2.73. The summed E-state index contributed by atoms with van der Waals surface area (Å²) in [5, 5.41) is 8.03. The Hall–Kier alpha value is -0.770. The number of hydrogen-bond acceptors (Lipinski definition) is 3. The third-order valence-corrected chi connectivity index (χ3v) is 2.43. The summed E-state index contributed by atoms with van der Waals surface area (Å²) in [6.45, 7) is 0. The molecule has 0 unspecified atom stereocenters. The molecule has 1 heterocycles. The lowest BCUT2D eigenvalue weighted by atomic mass is 10.2. The number of aromatic nitrogens is 2. The van der Waals surface area contributed by atoms with E-state index >= 15 is 0 Å². The molecule has 15 heavy (non-hydrogen) atoms. The van der Waals surface area contributed by atoms with Gasteiger partial charge in [-0.1, -0.05) is 46.9 Å². The fourth-order valence-corrected chi connectivity index (χ4v) is 1.46. The van der Waals surface area contributed by atoms with Gasteiger partial charge in [0.2, 0.25) is 11.8 Å². The fraction of sp³-hybridized carbons (Fsp3) is 0.111. The molecule has 2 aromatic rings. The van der Waals surface area contributed by atoms with Gasteiger partial charge in [-0.25, -0.2) is 0 Å². The zero-order chi connectivity index (χ0) is 10.8. The third kappa shape index (κ3) is 2.25. The van der Waals surface area contributed by atoms with Crippen LogP contribution in [0.5, 0.6) is 0 Å². The van der Waals surface area contributed by atoms with Crippen LogP contribution in [0.1, 0.15) is 10.7 Å². The Balaban J connectivity index is 2.42. The third-order valence-electron chi connectivity index (χ3n) is 1.73. The molecule has 2 rings (SSSR count). The van der Waals surface area contributed by atoms with Crippen molar-refractivity contribution in [1.29, 1.82) is 0 Å². The quantitative estimate of drug-likeness (QED) is 0.772. The molecule has 0 aliphatic rings. The lowest BCUT2D eigenvalue weighted by molar-refractivity contribution is 0.523. The minimum Gasteiger partial charge on any atom is -0.418 e. The van der Waals surface area contributed by atoms with Gasteiger partial charge in [-0.15, -0.1) is 10.2 Å². The van der Waals surface area contributed by atoms with Crippen molar-refractivity contribution >= 4 is 34.8 Å². The second-order valence-corrected chi connectivity index (χ2v) is 4.23. The summed E-state index contributed by atoms with van der Waals surface area (Å²) >= 11 is 17.1. The summed E-state index contributed by atoms with van der Waals surface area (Å²) in [5.74, 6) is 0.468. The summed E-state index contributed by atoms with van der Waals surface area (Å²) in [4.78, 5) is -0.825. The molecule has 0 radical (unpaired) electrons. The molecule has 1 aromatic heterocycles. The van der Waals surface area contributed by atoms with E-state index in [1.54, 1.807) is 12.1 Å². The minimum absolute atomic E-state index is 0.160. The molecule has 1 aromatic carbocycles. The van der Waals surface area contributed by atoms with Crippen LogP contribution in [0, 0.1) is 0 Å². The fourth-order valence-electron chi connectivity index (χ4n) is 1.07. The van der Waals surface area contributed by atoms with Crippen molar-refractivity contribution in [1.82, 2.24) is 10.2 Å². The number of benzene rings is 1. The molecule has 0 atom stereocenters. The molecule has 0 fully saturated rings. The first-order chi connectivity index (χ1) is 7.18. The van der Waals surface area contributed by atoms with E-state index < -0.39 is 4.84 Å². The molecule has 0 saturated heterocycles. The van der Waals surface area contributed by atoms with Crippen LogP contribution in [-0.4, -0.2) is 10.2 Å². The highest BCUT2D eigenvalue weighted by atomic mass is 35.5. The summed E-state index contributed by atoms with van der Waals surface area (Å²) in [6.07, 6.45) is 0. The van der Waals surface area contributed by atoms with Gasteiger partial charge in [0.25, 0.3) is 0 Å². The van der Waals surface area contributed by atoms with Gasteiger partial charge in [0.15, 0.2) is 4.84 Å². The van der Waals surface area contributed by atoms with Crippen molar-refractivity contribution in [2.75, 3.05) is 0 Å². The Labute approximate surface area is 101 Å². The van der Waals surface area contributed by atoms with E-state index in [1.807, 2.05) is 12.1 Å². The molecule has 6 heteroatoms. The summed E-state index contributed by atoms with van der Waals surface area (Å²) in [6, 6.07) is 7.15. The molecule has 0 aliphatic carbocycles. The van der Waals surface area contributed by atoms with Gasteiger partial charge in [0.1, 0.15) is 0 Å². The van der Waals surface area contributed by atoms with Crippen molar-refractivity contribution in [3.05, 3.63) is 35.2 Å². The largest absolute Gasteiger partial charge is 0.418 e. The van der Waals surface area contributed by atoms with Gasteiger partial charge in [-0.3, -0.25) is 0 Å². The Morgan fingerprint density at radius 2 is 1.87 bits per heavy atom. The average Bonchev–Trinajstić information content (AvgIpc) is 2.67. The average molecular weight is 264 g/mol. The highest BCUT2D eigenvalue weighted by Gasteiger charge is 2.15. The maximum absolute atomic E-state index is 5.95. The predicted octanol–water partition coefficient (Wildman–Crippen LogP) is 3.87. The summed E-state index contributed by atoms with van der Waals surface area (Å²) < 4.78 is 5.24. The van der Waals surface area contributed by atoms with Crippen LogP contribution < -0.4 is 0 Å². The lowest BCUT2D eigenvalue weighted by Crippen LogP contribution is -1.79. The summed E-state index contributed by atoms with van der Waals surface area (Å²) in [5.41, 5.74) is 0.659. The van der Waals surface area contributed by atoms with Gasteiger partial charge in [-0.05, 0) is 12.1 Å². The monoisotopic (exact) mass is 262 g/mol. The first kappa shape index (κ1) is 10.7. The number of alkyl halides is 2. The van der Waals surface area contributed by atoms with E-state index in [4.69, 9.17) is 39.2 Å². The highest BCUT2D eigenvalue weighted by molar-refractivity contribution is 6.43. The molecule has 0 saturated carbocycles. The van der Waals surface area contributed by atoms with E-state index in [1.165, 1.54) is 0 Å². The van der Waals surface area contributed by atoms with E-state index in [9.17, 15) is 0 Å². The lowest BCUT2D eigenvalue weighted by Gasteiger charge is -1.96. The first-order valence-electron chi connectivity index (χ1n) is 4.05. The van der Waals surface area contributed by atoms with Gasteiger partial charge in [0, 0.05) is 0 Å². The van der Waals surface area contributed by atoms with Crippen molar-refractivity contribution in [2.24, 2.45) is 0 Å².